The molecule has 0 amide bonds. The first-order valence-corrected chi connectivity index (χ1v) is 23.2. The maximum absolute atomic E-state index is 13.9. The Morgan fingerprint density at radius 2 is 0.866 bits per heavy atom. The van der Waals surface area contributed by atoms with Gasteiger partial charge in [-0.25, -0.2) is 9.59 Å². The van der Waals surface area contributed by atoms with Crippen molar-refractivity contribution in [2.45, 2.75) is 92.9 Å². The van der Waals surface area contributed by atoms with Crippen LogP contribution in [-0.4, -0.2) is 16.5 Å². The van der Waals surface area contributed by atoms with Gasteiger partial charge in [0.05, 0.1) is 11.1 Å². The molecule has 0 aliphatic carbocycles. The van der Waals surface area contributed by atoms with Crippen molar-refractivity contribution < 1.29 is 28.5 Å². The molecule has 0 spiro atoms. The molecule has 1 aromatic heterocycles. The second-order valence-electron chi connectivity index (χ2n) is 22.0. The molecule has 2 heterocycles. The number of ether oxygens (including phenoxy) is 4. The van der Waals surface area contributed by atoms with E-state index in [2.05, 4.69) is 116 Å². The molecule has 9 aromatic rings. The second-order valence-corrected chi connectivity index (χ2v) is 22.0. The Hall–Kier alpha value is -7.12. The highest BCUT2D eigenvalue weighted by atomic mass is 16.6. The molecule has 0 unspecified atom stereocenters. The lowest BCUT2D eigenvalue weighted by atomic mass is 9.72. The Kier molecular flexibility index (Phi) is 10.3. The Bertz CT molecular complexity index is 3220. The van der Waals surface area contributed by atoms with E-state index in [-0.39, 0.29) is 32.8 Å². The van der Waals surface area contributed by atoms with Gasteiger partial charge in [0.15, 0.2) is 0 Å². The molecule has 7 heteroatoms. The van der Waals surface area contributed by atoms with Crippen molar-refractivity contribution in [3.63, 3.8) is 0 Å². The predicted octanol–water partition coefficient (Wildman–Crippen LogP) is 16.6. The first-order valence-electron chi connectivity index (χ1n) is 23.2. The van der Waals surface area contributed by atoms with Gasteiger partial charge in [-0.3, -0.25) is 0 Å². The Morgan fingerprint density at radius 3 is 1.34 bits per heavy atom. The number of benzene rings is 8. The number of esters is 2. The lowest BCUT2D eigenvalue weighted by Crippen LogP contribution is -2.24. The summed E-state index contributed by atoms with van der Waals surface area (Å²) < 4.78 is 28.1. The molecule has 0 saturated heterocycles. The fourth-order valence-corrected chi connectivity index (χ4v) is 11.1. The third-order valence-electron chi connectivity index (χ3n) is 13.1. The summed E-state index contributed by atoms with van der Waals surface area (Å²) in [7, 11) is 0. The van der Waals surface area contributed by atoms with Gasteiger partial charge in [0, 0.05) is 50.4 Å². The summed E-state index contributed by atoms with van der Waals surface area (Å²) >= 11 is 0. The number of aromatic nitrogens is 1. The third kappa shape index (κ3) is 8.15. The van der Waals surface area contributed by atoms with Crippen molar-refractivity contribution >= 4 is 55.0 Å². The van der Waals surface area contributed by atoms with Gasteiger partial charge in [-0.05, 0) is 141 Å². The molecular weight excluding hydrogens is 831 g/mol. The lowest BCUT2D eigenvalue weighted by Gasteiger charge is -2.33. The minimum absolute atomic E-state index is 0.0689. The van der Waals surface area contributed by atoms with E-state index in [4.69, 9.17) is 18.9 Å². The summed E-state index contributed by atoms with van der Waals surface area (Å²) in [5.74, 6) is 2.05. The average Bonchev–Trinajstić information content (AvgIpc) is 3.80. The van der Waals surface area contributed by atoms with Crippen molar-refractivity contribution in [2.75, 3.05) is 0 Å². The Labute approximate surface area is 392 Å². The molecule has 67 heavy (non-hydrogen) atoms. The summed E-state index contributed by atoms with van der Waals surface area (Å²) in [5, 5.41) is 6.23. The zero-order valence-corrected chi connectivity index (χ0v) is 40.1. The van der Waals surface area contributed by atoms with E-state index in [1.54, 1.807) is 12.1 Å². The SMILES string of the molecule is CC(C)(C)CC(C)(C)c1ccc(Oc2cc3c4c(cc(Oc5ccc(C(C)(C)CC(C)(C)C)cc5)c5c6ccc(Oc7ccc(-n8cccc8)cc7)c7cccc(c2c45)c76)C(=O)OC3=O)cc1. The first kappa shape index (κ1) is 43.8. The van der Waals surface area contributed by atoms with Crippen molar-refractivity contribution in [3.05, 3.63) is 162 Å². The highest BCUT2D eigenvalue weighted by Gasteiger charge is 2.35. The number of carbonyl (C=O) groups is 2. The molecule has 1 aliphatic heterocycles. The largest absolute Gasteiger partial charge is 0.457 e. The smallest absolute Gasteiger partial charge is 0.346 e. The van der Waals surface area contributed by atoms with E-state index in [9.17, 15) is 9.59 Å². The van der Waals surface area contributed by atoms with Crippen LogP contribution in [0, 0.1) is 10.8 Å². The van der Waals surface area contributed by atoms with Gasteiger partial charge in [0.2, 0.25) is 0 Å². The number of rotatable bonds is 11. The van der Waals surface area contributed by atoms with Crippen molar-refractivity contribution in [1.82, 2.24) is 4.57 Å². The molecule has 7 nitrogen and oxygen atoms in total. The molecular formula is C60H57NO6. The van der Waals surface area contributed by atoms with Gasteiger partial charge in [0.1, 0.15) is 34.5 Å². The maximum atomic E-state index is 13.9. The number of nitrogens with zero attached hydrogens (tertiary/aromatic N) is 1. The van der Waals surface area contributed by atoms with Crippen LogP contribution in [0.2, 0.25) is 0 Å². The van der Waals surface area contributed by atoms with E-state index in [1.807, 2.05) is 85.2 Å². The van der Waals surface area contributed by atoms with E-state index in [0.717, 1.165) is 50.8 Å². The summed E-state index contributed by atoms with van der Waals surface area (Å²) in [6, 6.07) is 42.1. The second kappa shape index (κ2) is 15.8. The highest BCUT2D eigenvalue weighted by Crippen LogP contribution is 2.53. The van der Waals surface area contributed by atoms with Gasteiger partial charge < -0.3 is 23.5 Å². The molecule has 0 N–H and O–H groups in total. The molecule has 338 valence electrons. The Morgan fingerprint density at radius 1 is 0.433 bits per heavy atom. The topological polar surface area (TPSA) is 76.0 Å². The van der Waals surface area contributed by atoms with Crippen LogP contribution in [0.5, 0.6) is 34.5 Å². The van der Waals surface area contributed by atoms with Crippen LogP contribution in [-0.2, 0) is 15.6 Å². The normalized spacial score (nSPS) is 13.5. The molecule has 8 aromatic carbocycles. The quantitative estimate of drug-likeness (QED) is 0.0557. The molecule has 0 bridgehead atoms. The van der Waals surface area contributed by atoms with Crippen molar-refractivity contribution in [1.29, 1.82) is 0 Å². The average molecular weight is 888 g/mol. The third-order valence-corrected chi connectivity index (χ3v) is 13.1. The van der Waals surface area contributed by atoms with Gasteiger partial charge in [-0.2, -0.15) is 0 Å². The summed E-state index contributed by atoms with van der Waals surface area (Å²) in [6.45, 7) is 22.7. The predicted molar refractivity (Wildman–Crippen MR) is 270 cm³/mol. The van der Waals surface area contributed by atoms with Crippen LogP contribution in [0.15, 0.2) is 140 Å². The van der Waals surface area contributed by atoms with Gasteiger partial charge in [-0.1, -0.05) is 112 Å². The van der Waals surface area contributed by atoms with Gasteiger partial charge in [-0.15, -0.1) is 0 Å². The van der Waals surface area contributed by atoms with Crippen LogP contribution in [0.4, 0.5) is 0 Å². The van der Waals surface area contributed by atoms with Gasteiger partial charge in [0.25, 0.3) is 0 Å². The number of hydrogen-bond donors (Lipinski definition) is 0. The van der Waals surface area contributed by atoms with E-state index < -0.39 is 11.9 Å². The van der Waals surface area contributed by atoms with E-state index in [1.165, 1.54) is 11.1 Å². The van der Waals surface area contributed by atoms with Crippen molar-refractivity contribution in [3.8, 4) is 40.2 Å². The lowest BCUT2D eigenvalue weighted by molar-refractivity contribution is 0.0390. The minimum Gasteiger partial charge on any atom is -0.457 e. The molecule has 1 aliphatic rings. The molecule has 0 fully saturated rings. The van der Waals surface area contributed by atoms with Crippen LogP contribution in [0.3, 0.4) is 0 Å². The highest BCUT2D eigenvalue weighted by molar-refractivity contribution is 6.40. The fourth-order valence-electron chi connectivity index (χ4n) is 11.1. The van der Waals surface area contributed by atoms with Crippen LogP contribution < -0.4 is 14.2 Å². The molecule has 10 rings (SSSR count). The van der Waals surface area contributed by atoms with Crippen LogP contribution in [0.1, 0.15) is 114 Å². The summed E-state index contributed by atoms with van der Waals surface area (Å²) in [6.07, 6.45) is 6.03. The zero-order valence-electron chi connectivity index (χ0n) is 40.1. The number of hydrogen-bond acceptors (Lipinski definition) is 6. The summed E-state index contributed by atoms with van der Waals surface area (Å²) in [5.41, 5.74) is 4.10. The maximum Gasteiger partial charge on any atom is 0.346 e. The zero-order chi connectivity index (χ0) is 47.2. The Balaban J connectivity index is 1.19. The van der Waals surface area contributed by atoms with Crippen molar-refractivity contribution in [2.24, 2.45) is 10.8 Å². The molecule has 0 radical (unpaired) electrons. The minimum atomic E-state index is -0.725. The fraction of sp³-hybridized carbons (Fsp3) is 0.267. The summed E-state index contributed by atoms with van der Waals surface area (Å²) in [4.78, 5) is 27.7. The van der Waals surface area contributed by atoms with E-state index >= 15 is 0 Å². The number of carbonyl (C=O) groups excluding carboxylic acids is 2. The monoisotopic (exact) mass is 887 g/mol. The van der Waals surface area contributed by atoms with Crippen LogP contribution >= 0.6 is 0 Å². The van der Waals surface area contributed by atoms with E-state index in [0.29, 0.717) is 45.3 Å². The first-order chi connectivity index (χ1) is 31.7. The van der Waals surface area contributed by atoms with Crippen LogP contribution in [0.25, 0.3) is 48.8 Å². The number of cyclic esters (lactones) is 2. The molecule has 0 atom stereocenters. The van der Waals surface area contributed by atoms with Gasteiger partial charge >= 0.3 is 11.9 Å². The standard InChI is InChI=1S/C60H57NO6/c1-57(2,3)34-59(7,8)36-16-22-39(23-17-36)65-48-32-45-51-46(56(63)67-55(45)62)33-49(66-40-24-18-37(19-25-40)60(9,10)35-58(4,5)6)53-44-28-29-47(42-14-13-15-43(50(42)44)52(48)54(51)53)64-41-26-20-38(21-27-41)61-30-11-12-31-61/h11-33H,34-35H2,1-10H3. The number of fused-ring (bicyclic) bond motifs is 2. The molecule has 0 saturated carbocycles.